The minimum Gasteiger partial charge on any atom is -0.378 e. The van der Waals surface area contributed by atoms with Gasteiger partial charge in [0.05, 0.1) is 6.10 Å². The third kappa shape index (κ3) is 3.02. The molecule has 3 heteroatoms. The fourth-order valence-corrected chi connectivity index (χ4v) is 2.41. The first kappa shape index (κ1) is 11.1. The van der Waals surface area contributed by atoms with E-state index in [1.54, 1.807) is 0 Å². The highest BCUT2D eigenvalue weighted by Crippen LogP contribution is 2.23. The van der Waals surface area contributed by atoms with Crippen LogP contribution in [0.2, 0.25) is 0 Å². The first-order valence-electron chi connectivity index (χ1n) is 5.31. The number of hydrogen-bond donors (Lipinski definition) is 0. The fourth-order valence-electron chi connectivity index (χ4n) is 1.90. The Kier molecular flexibility index (Phi) is 3.76. The zero-order chi connectivity index (χ0) is 10.7. The molecule has 0 saturated carbocycles. The molecule has 1 heterocycles. The van der Waals surface area contributed by atoms with Crippen LogP contribution in [0.1, 0.15) is 24.8 Å². The lowest BCUT2D eigenvalue weighted by Crippen LogP contribution is -2.21. The van der Waals surface area contributed by atoms with Gasteiger partial charge >= 0.3 is 0 Å². The molecule has 1 aromatic rings. The van der Waals surface area contributed by atoms with Crippen LogP contribution in [0.4, 0.5) is 4.39 Å². The second kappa shape index (κ2) is 5.08. The van der Waals surface area contributed by atoms with E-state index in [2.05, 4.69) is 15.9 Å². The molecule has 1 unspecified atom stereocenters. The Morgan fingerprint density at radius 1 is 1.40 bits per heavy atom. The molecule has 1 atom stereocenters. The fraction of sp³-hybridized carbons (Fsp3) is 0.500. The lowest BCUT2D eigenvalue weighted by molar-refractivity contribution is 0.0167. The van der Waals surface area contributed by atoms with E-state index in [0.29, 0.717) is 6.10 Å². The van der Waals surface area contributed by atoms with E-state index in [1.807, 2.05) is 6.07 Å². The van der Waals surface area contributed by atoms with Crippen LogP contribution in [0.25, 0.3) is 0 Å². The topological polar surface area (TPSA) is 9.23 Å². The monoisotopic (exact) mass is 272 g/mol. The first-order valence-corrected chi connectivity index (χ1v) is 6.10. The zero-order valence-electron chi connectivity index (χ0n) is 8.51. The number of halogens is 2. The standard InChI is InChI=1S/C12H14BrFO/c13-12-8-10(14)5-4-9(12)7-11-3-1-2-6-15-11/h4-5,8,11H,1-3,6-7H2. The largest absolute Gasteiger partial charge is 0.378 e. The van der Waals surface area contributed by atoms with E-state index >= 15 is 0 Å². The molecule has 0 amide bonds. The molecule has 0 spiro atoms. The predicted octanol–water partition coefficient (Wildman–Crippen LogP) is 3.70. The molecule has 15 heavy (non-hydrogen) atoms. The summed E-state index contributed by atoms with van der Waals surface area (Å²) in [5, 5.41) is 0. The minimum atomic E-state index is -0.199. The molecule has 1 saturated heterocycles. The van der Waals surface area contributed by atoms with Gasteiger partial charge < -0.3 is 4.74 Å². The third-order valence-corrected chi connectivity index (χ3v) is 3.47. The average molecular weight is 273 g/mol. The van der Waals surface area contributed by atoms with Gasteiger partial charge in [-0.15, -0.1) is 0 Å². The van der Waals surface area contributed by atoms with Gasteiger partial charge in [-0.3, -0.25) is 0 Å². The molecule has 0 radical (unpaired) electrons. The number of ether oxygens (including phenoxy) is 1. The minimum absolute atomic E-state index is 0.199. The summed E-state index contributed by atoms with van der Waals surface area (Å²) in [6, 6.07) is 4.85. The normalized spacial score (nSPS) is 21.6. The molecule has 0 N–H and O–H groups in total. The highest BCUT2D eigenvalue weighted by atomic mass is 79.9. The van der Waals surface area contributed by atoms with Crippen LogP contribution in [0, 0.1) is 5.82 Å². The van der Waals surface area contributed by atoms with Crippen LogP contribution in [0.5, 0.6) is 0 Å². The van der Waals surface area contributed by atoms with Gasteiger partial charge in [-0.05, 0) is 43.4 Å². The Morgan fingerprint density at radius 3 is 2.93 bits per heavy atom. The maximum Gasteiger partial charge on any atom is 0.124 e. The van der Waals surface area contributed by atoms with E-state index in [4.69, 9.17) is 4.74 Å². The van der Waals surface area contributed by atoms with Gasteiger partial charge in [-0.1, -0.05) is 22.0 Å². The molecule has 82 valence electrons. The van der Waals surface area contributed by atoms with Crippen LogP contribution in [0.15, 0.2) is 22.7 Å². The highest BCUT2D eigenvalue weighted by molar-refractivity contribution is 9.10. The summed E-state index contributed by atoms with van der Waals surface area (Å²) < 4.78 is 19.4. The van der Waals surface area contributed by atoms with Crippen molar-refractivity contribution in [3.63, 3.8) is 0 Å². The van der Waals surface area contributed by atoms with Gasteiger partial charge in [0.2, 0.25) is 0 Å². The van der Waals surface area contributed by atoms with Crippen molar-refractivity contribution in [3.8, 4) is 0 Å². The van der Waals surface area contributed by atoms with Crippen molar-refractivity contribution in [1.29, 1.82) is 0 Å². The van der Waals surface area contributed by atoms with E-state index in [9.17, 15) is 4.39 Å². The lowest BCUT2D eigenvalue weighted by atomic mass is 10.0. The predicted molar refractivity (Wildman–Crippen MR) is 61.4 cm³/mol. The van der Waals surface area contributed by atoms with Crippen LogP contribution >= 0.6 is 15.9 Å². The average Bonchev–Trinajstić information content (AvgIpc) is 2.24. The van der Waals surface area contributed by atoms with Gasteiger partial charge in [0.15, 0.2) is 0 Å². The summed E-state index contributed by atoms with van der Waals surface area (Å²) in [5.41, 5.74) is 1.13. The van der Waals surface area contributed by atoms with E-state index in [-0.39, 0.29) is 5.82 Å². The Hall–Kier alpha value is -0.410. The summed E-state index contributed by atoms with van der Waals surface area (Å²) in [5.74, 6) is -0.199. The second-order valence-electron chi connectivity index (χ2n) is 3.93. The summed E-state index contributed by atoms with van der Waals surface area (Å²) >= 11 is 3.38. The number of rotatable bonds is 2. The van der Waals surface area contributed by atoms with Gasteiger partial charge in [0.1, 0.15) is 5.82 Å². The molecule has 0 aliphatic carbocycles. The Morgan fingerprint density at radius 2 is 2.27 bits per heavy atom. The van der Waals surface area contributed by atoms with E-state index in [1.165, 1.54) is 25.0 Å². The maximum atomic E-state index is 12.9. The van der Waals surface area contributed by atoms with Crippen molar-refractivity contribution in [2.24, 2.45) is 0 Å². The van der Waals surface area contributed by atoms with Crippen molar-refractivity contribution < 1.29 is 9.13 Å². The maximum absolute atomic E-state index is 12.9. The van der Waals surface area contributed by atoms with Gasteiger partial charge in [-0.25, -0.2) is 4.39 Å². The van der Waals surface area contributed by atoms with E-state index < -0.39 is 0 Å². The second-order valence-corrected chi connectivity index (χ2v) is 4.78. The van der Waals surface area contributed by atoms with Gasteiger partial charge in [0.25, 0.3) is 0 Å². The molecule has 2 rings (SSSR count). The SMILES string of the molecule is Fc1ccc(CC2CCCCO2)c(Br)c1. The quantitative estimate of drug-likeness (QED) is 0.798. The van der Waals surface area contributed by atoms with Crippen molar-refractivity contribution >= 4 is 15.9 Å². The van der Waals surface area contributed by atoms with Crippen molar-refractivity contribution in [2.75, 3.05) is 6.61 Å². The molecule has 1 aliphatic rings. The summed E-state index contributed by atoms with van der Waals surface area (Å²) in [7, 11) is 0. The molecule has 0 bridgehead atoms. The molecule has 1 aliphatic heterocycles. The van der Waals surface area contributed by atoms with Crippen molar-refractivity contribution in [2.45, 2.75) is 31.8 Å². The first-order chi connectivity index (χ1) is 7.25. The molecule has 1 fully saturated rings. The number of hydrogen-bond acceptors (Lipinski definition) is 1. The van der Waals surface area contributed by atoms with Gasteiger partial charge in [-0.2, -0.15) is 0 Å². The molecule has 0 aromatic heterocycles. The zero-order valence-corrected chi connectivity index (χ0v) is 10.1. The molecule has 1 nitrogen and oxygen atoms in total. The van der Waals surface area contributed by atoms with Gasteiger partial charge in [0, 0.05) is 11.1 Å². The third-order valence-electron chi connectivity index (χ3n) is 2.74. The molecule has 1 aromatic carbocycles. The Labute approximate surface area is 97.8 Å². The van der Waals surface area contributed by atoms with E-state index in [0.717, 1.165) is 29.5 Å². The Balaban J connectivity index is 2.03. The molecular weight excluding hydrogens is 259 g/mol. The van der Waals surface area contributed by atoms with Crippen LogP contribution < -0.4 is 0 Å². The summed E-state index contributed by atoms with van der Waals surface area (Å²) in [4.78, 5) is 0. The van der Waals surface area contributed by atoms with Crippen LogP contribution in [-0.2, 0) is 11.2 Å². The van der Waals surface area contributed by atoms with Crippen molar-refractivity contribution in [3.05, 3.63) is 34.1 Å². The summed E-state index contributed by atoms with van der Waals surface area (Å²) in [6.45, 7) is 0.865. The molecular formula is C12H14BrFO. The van der Waals surface area contributed by atoms with Crippen LogP contribution in [-0.4, -0.2) is 12.7 Å². The number of benzene rings is 1. The summed E-state index contributed by atoms with van der Waals surface area (Å²) in [6.07, 6.45) is 4.70. The lowest BCUT2D eigenvalue weighted by Gasteiger charge is -2.22. The van der Waals surface area contributed by atoms with Crippen LogP contribution in [0.3, 0.4) is 0 Å². The highest BCUT2D eigenvalue weighted by Gasteiger charge is 2.15. The van der Waals surface area contributed by atoms with Crippen molar-refractivity contribution in [1.82, 2.24) is 0 Å². The smallest absolute Gasteiger partial charge is 0.124 e. The Bertz CT molecular complexity index is 334.